The van der Waals surface area contributed by atoms with Crippen LogP contribution in [0.2, 0.25) is 0 Å². The summed E-state index contributed by atoms with van der Waals surface area (Å²) < 4.78 is 11.2. The van der Waals surface area contributed by atoms with E-state index in [-0.39, 0.29) is 6.10 Å². The SMILES string of the molecule is c1ccc(CCNC(=NCC2CCCCO2)NCCc2ccco2)nc1. The van der Waals surface area contributed by atoms with Crippen LogP contribution < -0.4 is 10.6 Å². The molecule has 26 heavy (non-hydrogen) atoms. The van der Waals surface area contributed by atoms with Crippen molar-refractivity contribution in [3.05, 3.63) is 54.2 Å². The fourth-order valence-electron chi connectivity index (χ4n) is 2.93. The van der Waals surface area contributed by atoms with Crippen molar-refractivity contribution in [1.82, 2.24) is 15.6 Å². The van der Waals surface area contributed by atoms with Crippen LogP contribution in [0.1, 0.15) is 30.7 Å². The molecule has 6 nitrogen and oxygen atoms in total. The van der Waals surface area contributed by atoms with Gasteiger partial charge in [0.1, 0.15) is 5.76 Å². The Morgan fingerprint density at radius 3 is 2.77 bits per heavy atom. The molecular weight excluding hydrogens is 328 g/mol. The Kier molecular flexibility index (Phi) is 7.53. The van der Waals surface area contributed by atoms with Gasteiger partial charge in [-0.05, 0) is 43.5 Å². The largest absolute Gasteiger partial charge is 0.469 e. The normalized spacial score (nSPS) is 17.8. The second kappa shape index (κ2) is 10.6. The number of hydrogen-bond acceptors (Lipinski definition) is 4. The smallest absolute Gasteiger partial charge is 0.191 e. The van der Waals surface area contributed by atoms with Crippen molar-refractivity contribution in [3.8, 4) is 0 Å². The van der Waals surface area contributed by atoms with Gasteiger partial charge in [0.05, 0.1) is 18.9 Å². The van der Waals surface area contributed by atoms with Crippen LogP contribution in [0.15, 0.2) is 52.2 Å². The zero-order chi connectivity index (χ0) is 17.9. The number of rotatable bonds is 8. The molecule has 1 fully saturated rings. The third-order valence-corrected chi connectivity index (χ3v) is 4.37. The molecule has 0 radical (unpaired) electrons. The Morgan fingerprint density at radius 2 is 2.04 bits per heavy atom. The second-order valence-corrected chi connectivity index (χ2v) is 6.43. The summed E-state index contributed by atoms with van der Waals surface area (Å²) in [5.41, 5.74) is 1.07. The highest BCUT2D eigenvalue weighted by molar-refractivity contribution is 5.79. The molecule has 1 unspecified atom stereocenters. The van der Waals surface area contributed by atoms with Gasteiger partial charge in [0.25, 0.3) is 0 Å². The maximum Gasteiger partial charge on any atom is 0.191 e. The minimum Gasteiger partial charge on any atom is -0.469 e. The summed E-state index contributed by atoms with van der Waals surface area (Å²) in [6.45, 7) is 3.11. The first kappa shape index (κ1) is 18.5. The maximum atomic E-state index is 5.78. The standard InChI is InChI=1S/C20H28N4O2/c1-3-11-21-17(6-1)9-12-22-20(23-13-10-18-8-5-15-25-18)24-16-19-7-2-4-14-26-19/h1,3,5-6,8,11,15,19H,2,4,7,9-10,12-14,16H2,(H2,22,23,24). The van der Waals surface area contributed by atoms with E-state index < -0.39 is 0 Å². The molecule has 140 valence electrons. The molecule has 2 N–H and O–H groups in total. The predicted molar refractivity (Wildman–Crippen MR) is 102 cm³/mol. The number of aromatic nitrogens is 1. The lowest BCUT2D eigenvalue weighted by Gasteiger charge is -2.21. The quantitative estimate of drug-likeness (QED) is 0.562. The number of guanidine groups is 1. The van der Waals surface area contributed by atoms with E-state index in [1.165, 1.54) is 6.42 Å². The Labute approximate surface area is 155 Å². The van der Waals surface area contributed by atoms with Crippen molar-refractivity contribution in [1.29, 1.82) is 0 Å². The minimum absolute atomic E-state index is 0.239. The summed E-state index contributed by atoms with van der Waals surface area (Å²) >= 11 is 0. The first-order chi connectivity index (χ1) is 12.9. The monoisotopic (exact) mass is 356 g/mol. The van der Waals surface area contributed by atoms with E-state index in [1.54, 1.807) is 6.26 Å². The fraction of sp³-hybridized carbons (Fsp3) is 0.500. The van der Waals surface area contributed by atoms with Crippen LogP contribution in [0, 0.1) is 0 Å². The maximum absolute atomic E-state index is 5.78. The number of aliphatic imine (C=N–C) groups is 1. The van der Waals surface area contributed by atoms with E-state index in [0.717, 1.165) is 62.8 Å². The lowest BCUT2D eigenvalue weighted by Crippen LogP contribution is -2.40. The summed E-state index contributed by atoms with van der Waals surface area (Å²) in [6, 6.07) is 9.89. The van der Waals surface area contributed by atoms with Crippen LogP contribution in [-0.2, 0) is 17.6 Å². The number of ether oxygens (including phenoxy) is 1. The van der Waals surface area contributed by atoms with E-state index in [9.17, 15) is 0 Å². The van der Waals surface area contributed by atoms with Gasteiger partial charge in [-0.2, -0.15) is 0 Å². The van der Waals surface area contributed by atoms with Gasteiger partial charge in [0.15, 0.2) is 5.96 Å². The second-order valence-electron chi connectivity index (χ2n) is 6.43. The molecule has 0 aromatic carbocycles. The van der Waals surface area contributed by atoms with Gasteiger partial charge in [-0.15, -0.1) is 0 Å². The Morgan fingerprint density at radius 1 is 1.12 bits per heavy atom. The van der Waals surface area contributed by atoms with E-state index in [1.807, 2.05) is 36.5 Å². The Bertz CT molecular complexity index is 637. The fourth-order valence-corrected chi connectivity index (χ4v) is 2.93. The van der Waals surface area contributed by atoms with Gasteiger partial charge < -0.3 is 19.8 Å². The van der Waals surface area contributed by atoms with Crippen LogP contribution in [0.4, 0.5) is 0 Å². The highest BCUT2D eigenvalue weighted by Crippen LogP contribution is 2.12. The summed E-state index contributed by atoms with van der Waals surface area (Å²) in [4.78, 5) is 9.07. The average molecular weight is 356 g/mol. The van der Waals surface area contributed by atoms with Crippen molar-refractivity contribution in [2.75, 3.05) is 26.2 Å². The van der Waals surface area contributed by atoms with Crippen LogP contribution in [0.25, 0.3) is 0 Å². The molecule has 3 rings (SSSR count). The van der Waals surface area contributed by atoms with Gasteiger partial charge in [0, 0.05) is 44.4 Å². The van der Waals surface area contributed by atoms with Crippen LogP contribution >= 0.6 is 0 Å². The van der Waals surface area contributed by atoms with E-state index in [4.69, 9.17) is 14.1 Å². The van der Waals surface area contributed by atoms with Gasteiger partial charge in [-0.3, -0.25) is 9.98 Å². The van der Waals surface area contributed by atoms with Gasteiger partial charge in [-0.1, -0.05) is 6.07 Å². The van der Waals surface area contributed by atoms with Crippen molar-refractivity contribution < 1.29 is 9.15 Å². The third kappa shape index (κ3) is 6.52. The molecule has 1 aliphatic rings. The van der Waals surface area contributed by atoms with Crippen molar-refractivity contribution >= 4 is 5.96 Å². The van der Waals surface area contributed by atoms with Crippen LogP contribution in [0.3, 0.4) is 0 Å². The predicted octanol–water partition coefficient (Wildman–Crippen LogP) is 2.56. The molecule has 0 saturated carbocycles. The number of furan rings is 1. The molecule has 0 spiro atoms. The number of nitrogens with one attached hydrogen (secondary N) is 2. The molecule has 0 aliphatic carbocycles. The average Bonchev–Trinajstić information content (AvgIpc) is 3.21. The third-order valence-electron chi connectivity index (χ3n) is 4.37. The zero-order valence-electron chi connectivity index (χ0n) is 15.2. The number of nitrogens with zero attached hydrogens (tertiary/aromatic N) is 2. The summed E-state index contributed by atoms with van der Waals surface area (Å²) in [5, 5.41) is 6.79. The van der Waals surface area contributed by atoms with Gasteiger partial charge in [-0.25, -0.2) is 0 Å². The summed E-state index contributed by atoms with van der Waals surface area (Å²) in [6.07, 6.45) is 8.95. The van der Waals surface area contributed by atoms with E-state index >= 15 is 0 Å². The molecule has 1 saturated heterocycles. The Balaban J connectivity index is 1.47. The lowest BCUT2D eigenvalue weighted by molar-refractivity contribution is 0.0224. The van der Waals surface area contributed by atoms with E-state index in [0.29, 0.717) is 6.54 Å². The first-order valence-electron chi connectivity index (χ1n) is 9.46. The van der Waals surface area contributed by atoms with Gasteiger partial charge in [0.2, 0.25) is 0 Å². The zero-order valence-corrected chi connectivity index (χ0v) is 15.2. The lowest BCUT2D eigenvalue weighted by atomic mass is 10.1. The first-order valence-corrected chi connectivity index (χ1v) is 9.46. The summed E-state index contributed by atoms with van der Waals surface area (Å²) in [5.74, 6) is 1.79. The molecule has 3 heterocycles. The molecule has 2 aromatic rings. The highest BCUT2D eigenvalue weighted by Gasteiger charge is 2.13. The van der Waals surface area contributed by atoms with Crippen LogP contribution in [0.5, 0.6) is 0 Å². The molecule has 0 bridgehead atoms. The molecule has 1 aliphatic heterocycles. The van der Waals surface area contributed by atoms with Crippen molar-refractivity contribution in [3.63, 3.8) is 0 Å². The molecule has 2 aromatic heterocycles. The van der Waals surface area contributed by atoms with Crippen molar-refractivity contribution in [2.45, 2.75) is 38.2 Å². The van der Waals surface area contributed by atoms with Gasteiger partial charge >= 0.3 is 0 Å². The number of hydrogen-bond donors (Lipinski definition) is 2. The van der Waals surface area contributed by atoms with Crippen LogP contribution in [-0.4, -0.2) is 43.3 Å². The number of pyridine rings is 1. The molecule has 0 amide bonds. The van der Waals surface area contributed by atoms with Crippen molar-refractivity contribution in [2.24, 2.45) is 4.99 Å². The molecular formula is C20H28N4O2. The highest BCUT2D eigenvalue weighted by atomic mass is 16.5. The van der Waals surface area contributed by atoms with E-state index in [2.05, 4.69) is 15.6 Å². The minimum atomic E-state index is 0.239. The molecule has 6 heteroatoms. The Hall–Kier alpha value is -2.34. The molecule has 1 atom stereocenters. The summed E-state index contributed by atoms with van der Waals surface area (Å²) in [7, 11) is 0. The topological polar surface area (TPSA) is 71.7 Å².